The molecule has 0 atom stereocenters. The molecule has 0 aliphatic carbocycles. The van der Waals surface area contributed by atoms with E-state index in [1.54, 1.807) is 0 Å². The number of nitrogens with one attached hydrogen (secondary N) is 2. The number of hydrogen-bond donors (Lipinski definition) is 2. The number of anilines is 2. The van der Waals surface area contributed by atoms with Gasteiger partial charge in [0.05, 0.1) is 5.69 Å². The molecule has 6 nitrogen and oxygen atoms in total. The van der Waals surface area contributed by atoms with E-state index in [9.17, 15) is 4.79 Å². The first-order chi connectivity index (χ1) is 17.6. The number of piperidine rings is 1. The van der Waals surface area contributed by atoms with Crippen molar-refractivity contribution in [3.63, 3.8) is 0 Å². The smallest absolute Gasteiger partial charge is 0.251 e. The maximum Gasteiger partial charge on any atom is 0.251 e. The van der Waals surface area contributed by atoms with Crippen LogP contribution < -0.4 is 10.6 Å². The van der Waals surface area contributed by atoms with Crippen LogP contribution in [0, 0.1) is 6.92 Å². The molecule has 0 saturated carbocycles. The summed E-state index contributed by atoms with van der Waals surface area (Å²) in [5.41, 5.74) is 5.94. The lowest BCUT2D eigenvalue weighted by Crippen LogP contribution is -2.44. The van der Waals surface area contributed by atoms with Crippen LogP contribution in [0.4, 0.5) is 11.5 Å². The molecule has 2 heterocycles. The molecule has 5 rings (SSSR count). The fraction of sp³-hybridized carbons (Fsp3) is 0.233. The largest absolute Gasteiger partial charge is 0.349 e. The Morgan fingerprint density at radius 1 is 0.861 bits per heavy atom. The molecule has 1 fully saturated rings. The summed E-state index contributed by atoms with van der Waals surface area (Å²) in [4.78, 5) is 15.2. The third kappa shape index (κ3) is 6.15. The quantitative estimate of drug-likeness (QED) is 0.363. The predicted octanol–water partition coefficient (Wildman–Crippen LogP) is 5.59. The average molecular weight is 478 g/mol. The van der Waals surface area contributed by atoms with Crippen molar-refractivity contribution in [2.75, 3.05) is 18.4 Å². The Labute approximate surface area is 212 Å². The number of aryl methyl sites for hydroxylation is 1. The topological polar surface area (TPSA) is 70.2 Å². The van der Waals surface area contributed by atoms with Gasteiger partial charge in [-0.1, -0.05) is 60.2 Å². The molecule has 0 spiro atoms. The van der Waals surface area contributed by atoms with Gasteiger partial charge in [-0.15, -0.1) is 10.2 Å². The third-order valence-electron chi connectivity index (χ3n) is 6.60. The number of benzene rings is 3. The molecule has 182 valence electrons. The van der Waals surface area contributed by atoms with Gasteiger partial charge in [0.25, 0.3) is 5.91 Å². The molecule has 36 heavy (non-hydrogen) atoms. The number of carbonyl (C=O) groups excluding carboxylic acids is 1. The Morgan fingerprint density at radius 3 is 2.25 bits per heavy atom. The summed E-state index contributed by atoms with van der Waals surface area (Å²) >= 11 is 0. The minimum Gasteiger partial charge on any atom is -0.349 e. The summed E-state index contributed by atoms with van der Waals surface area (Å²) in [5.74, 6) is 0.635. The van der Waals surface area contributed by atoms with Crippen LogP contribution >= 0.6 is 0 Å². The molecule has 1 aliphatic rings. The Kier molecular flexibility index (Phi) is 7.33. The van der Waals surface area contributed by atoms with E-state index in [0.29, 0.717) is 11.4 Å². The van der Waals surface area contributed by atoms with Crippen molar-refractivity contribution >= 4 is 17.4 Å². The average Bonchev–Trinajstić information content (AvgIpc) is 2.92. The zero-order valence-electron chi connectivity index (χ0n) is 20.5. The second-order valence-corrected chi connectivity index (χ2v) is 9.38. The second kappa shape index (κ2) is 11.1. The van der Waals surface area contributed by atoms with Crippen molar-refractivity contribution in [1.82, 2.24) is 20.4 Å². The summed E-state index contributed by atoms with van der Waals surface area (Å²) in [5, 5.41) is 15.1. The van der Waals surface area contributed by atoms with Gasteiger partial charge in [-0.2, -0.15) is 0 Å². The fourth-order valence-electron chi connectivity index (χ4n) is 4.48. The van der Waals surface area contributed by atoms with Gasteiger partial charge in [0.15, 0.2) is 5.82 Å². The fourth-order valence-corrected chi connectivity index (χ4v) is 4.48. The molecule has 1 aromatic heterocycles. The second-order valence-electron chi connectivity index (χ2n) is 9.38. The van der Waals surface area contributed by atoms with Gasteiger partial charge in [0, 0.05) is 42.5 Å². The van der Waals surface area contributed by atoms with Gasteiger partial charge < -0.3 is 10.6 Å². The van der Waals surface area contributed by atoms with E-state index < -0.39 is 0 Å². The lowest BCUT2D eigenvalue weighted by Gasteiger charge is -2.32. The number of hydrogen-bond acceptors (Lipinski definition) is 5. The van der Waals surface area contributed by atoms with Crippen molar-refractivity contribution in [3.8, 4) is 11.3 Å². The van der Waals surface area contributed by atoms with Gasteiger partial charge >= 0.3 is 0 Å². The third-order valence-corrected chi connectivity index (χ3v) is 6.60. The minimum atomic E-state index is -0.0229. The molecule has 0 radical (unpaired) electrons. The lowest BCUT2D eigenvalue weighted by molar-refractivity contribution is 0.0909. The number of nitrogens with zero attached hydrogens (tertiary/aromatic N) is 3. The molecule has 0 unspecified atom stereocenters. The van der Waals surface area contributed by atoms with Gasteiger partial charge in [-0.05, 0) is 61.7 Å². The molecule has 0 bridgehead atoms. The summed E-state index contributed by atoms with van der Waals surface area (Å²) in [7, 11) is 0. The van der Waals surface area contributed by atoms with E-state index in [0.717, 1.165) is 49.4 Å². The first kappa shape index (κ1) is 23.7. The molecular formula is C30H31N5O. The molecule has 1 aliphatic heterocycles. The van der Waals surface area contributed by atoms with Crippen molar-refractivity contribution < 1.29 is 4.79 Å². The summed E-state index contributed by atoms with van der Waals surface area (Å²) < 4.78 is 0. The maximum absolute atomic E-state index is 12.8. The monoisotopic (exact) mass is 477 g/mol. The van der Waals surface area contributed by atoms with Crippen molar-refractivity contribution in [3.05, 3.63) is 108 Å². The summed E-state index contributed by atoms with van der Waals surface area (Å²) in [6, 6.07) is 30.3. The van der Waals surface area contributed by atoms with Crippen LogP contribution in [0.5, 0.6) is 0 Å². The number of carbonyl (C=O) groups is 1. The van der Waals surface area contributed by atoms with Gasteiger partial charge in [-0.3, -0.25) is 9.69 Å². The highest BCUT2D eigenvalue weighted by atomic mass is 16.1. The normalized spacial score (nSPS) is 14.4. The predicted molar refractivity (Wildman–Crippen MR) is 144 cm³/mol. The Bertz CT molecular complexity index is 1260. The van der Waals surface area contributed by atoms with E-state index >= 15 is 0 Å². The van der Waals surface area contributed by atoms with E-state index in [4.69, 9.17) is 0 Å². The van der Waals surface area contributed by atoms with E-state index in [2.05, 4.69) is 69.1 Å². The standard InChI is InChI=1S/C30H31N5O/c1-22-7-9-24(10-8-22)28-15-16-29(34-33-28)31-26-13-11-25(12-14-26)30(36)32-27-17-19-35(20-18-27)21-23-5-3-2-4-6-23/h2-16,27H,17-21H2,1H3,(H,31,34)(H,32,36). The number of aromatic nitrogens is 2. The van der Waals surface area contributed by atoms with Crippen LogP contribution in [0.1, 0.15) is 34.3 Å². The van der Waals surface area contributed by atoms with Crippen molar-refractivity contribution in [2.24, 2.45) is 0 Å². The van der Waals surface area contributed by atoms with Crippen LogP contribution in [0.2, 0.25) is 0 Å². The van der Waals surface area contributed by atoms with E-state index in [-0.39, 0.29) is 11.9 Å². The SMILES string of the molecule is Cc1ccc(-c2ccc(Nc3ccc(C(=O)NC4CCN(Cc5ccccc5)CC4)cc3)nn2)cc1. The van der Waals surface area contributed by atoms with Crippen LogP contribution in [-0.4, -0.2) is 40.1 Å². The van der Waals surface area contributed by atoms with E-state index in [1.807, 2.05) is 54.6 Å². The Balaban J connectivity index is 1.11. The number of amides is 1. The first-order valence-electron chi connectivity index (χ1n) is 12.5. The first-order valence-corrected chi connectivity index (χ1v) is 12.5. The Hall–Kier alpha value is -4.03. The summed E-state index contributed by atoms with van der Waals surface area (Å²) in [6.45, 7) is 5.02. The van der Waals surface area contributed by atoms with Gasteiger partial charge in [0.2, 0.25) is 0 Å². The zero-order valence-corrected chi connectivity index (χ0v) is 20.5. The molecule has 6 heteroatoms. The number of likely N-dealkylation sites (tertiary alicyclic amines) is 1. The molecule has 3 aromatic carbocycles. The lowest BCUT2D eigenvalue weighted by atomic mass is 10.0. The molecule has 1 amide bonds. The molecule has 2 N–H and O–H groups in total. The van der Waals surface area contributed by atoms with Crippen molar-refractivity contribution in [2.45, 2.75) is 32.4 Å². The molecule has 1 saturated heterocycles. The number of rotatable bonds is 7. The highest BCUT2D eigenvalue weighted by Gasteiger charge is 2.21. The minimum absolute atomic E-state index is 0.0229. The van der Waals surface area contributed by atoms with E-state index in [1.165, 1.54) is 11.1 Å². The van der Waals surface area contributed by atoms with Gasteiger partial charge in [-0.25, -0.2) is 0 Å². The highest BCUT2D eigenvalue weighted by molar-refractivity contribution is 5.94. The summed E-state index contributed by atoms with van der Waals surface area (Å²) in [6.07, 6.45) is 1.94. The Morgan fingerprint density at radius 2 is 1.58 bits per heavy atom. The van der Waals surface area contributed by atoms with Crippen LogP contribution in [-0.2, 0) is 6.54 Å². The van der Waals surface area contributed by atoms with Gasteiger partial charge in [0.1, 0.15) is 0 Å². The molecule has 4 aromatic rings. The van der Waals surface area contributed by atoms with Crippen molar-refractivity contribution in [1.29, 1.82) is 0 Å². The van der Waals surface area contributed by atoms with Crippen LogP contribution in [0.25, 0.3) is 11.3 Å². The zero-order chi connectivity index (χ0) is 24.7. The van der Waals surface area contributed by atoms with Crippen LogP contribution in [0.15, 0.2) is 91.0 Å². The maximum atomic E-state index is 12.8. The van der Waals surface area contributed by atoms with Crippen LogP contribution in [0.3, 0.4) is 0 Å². The molecular weight excluding hydrogens is 446 g/mol. The highest BCUT2D eigenvalue weighted by Crippen LogP contribution is 2.20.